The summed E-state index contributed by atoms with van der Waals surface area (Å²) in [6.45, 7) is 7.34. The predicted molar refractivity (Wildman–Crippen MR) is 61.8 cm³/mol. The van der Waals surface area contributed by atoms with Crippen LogP contribution in [-0.2, 0) is 9.59 Å². The predicted octanol–water partition coefficient (Wildman–Crippen LogP) is -0.0121. The van der Waals surface area contributed by atoms with Crippen molar-refractivity contribution in [2.75, 3.05) is 20.1 Å². The highest BCUT2D eigenvalue weighted by Crippen LogP contribution is 2.05. The number of nitrogens with zero attached hydrogens (tertiary/aromatic N) is 1. The Labute approximate surface area is 96.8 Å². The summed E-state index contributed by atoms with van der Waals surface area (Å²) in [5, 5.41) is 12.2. The summed E-state index contributed by atoms with van der Waals surface area (Å²) in [6.07, 6.45) is 0. The maximum absolute atomic E-state index is 11.5. The van der Waals surface area contributed by atoms with E-state index in [1.54, 1.807) is 0 Å². The summed E-state index contributed by atoms with van der Waals surface area (Å²) in [4.78, 5) is 24.2. The van der Waals surface area contributed by atoms with Gasteiger partial charge in [0.15, 0.2) is 0 Å². The van der Waals surface area contributed by atoms with Crippen LogP contribution in [0.4, 0.5) is 0 Å². The number of hydrogen-bond donors (Lipinski definition) is 2. The van der Waals surface area contributed by atoms with Crippen LogP contribution in [0, 0.1) is 5.92 Å². The number of likely N-dealkylation sites (N-methyl/N-ethyl adjacent to an activating group) is 1. The molecule has 0 spiro atoms. The normalized spacial score (nSPS) is 11.4. The van der Waals surface area contributed by atoms with Crippen molar-refractivity contribution >= 4 is 11.8 Å². The zero-order valence-electron chi connectivity index (χ0n) is 10.7. The second-order valence-corrected chi connectivity index (χ2v) is 4.92. The Bertz CT molecular complexity index is 256. The molecule has 2 N–H and O–H groups in total. The number of carbonyl (C=O) groups excluding carboxylic acids is 2. The zero-order valence-corrected chi connectivity index (χ0v) is 10.7. The van der Waals surface area contributed by atoms with E-state index in [2.05, 4.69) is 5.32 Å². The molecule has 0 bridgehead atoms. The first-order valence-corrected chi connectivity index (χ1v) is 5.39. The molecule has 0 aliphatic rings. The first kappa shape index (κ1) is 14.9. The fraction of sp³-hybridized carbons (Fsp3) is 0.818. The minimum absolute atomic E-state index is 0.0322. The molecule has 0 fully saturated rings. The van der Waals surface area contributed by atoms with Crippen LogP contribution < -0.4 is 5.32 Å². The van der Waals surface area contributed by atoms with Crippen molar-refractivity contribution in [2.24, 2.45) is 5.92 Å². The molecule has 16 heavy (non-hydrogen) atoms. The van der Waals surface area contributed by atoms with Crippen LogP contribution in [-0.4, -0.2) is 47.6 Å². The number of amides is 2. The fourth-order valence-electron chi connectivity index (χ4n) is 1.13. The van der Waals surface area contributed by atoms with Crippen molar-refractivity contribution in [3.8, 4) is 0 Å². The molecule has 2 amide bonds. The largest absolute Gasteiger partial charge is 0.381 e. The first-order valence-electron chi connectivity index (χ1n) is 5.39. The monoisotopic (exact) mass is 230 g/mol. The molecule has 0 saturated heterocycles. The van der Waals surface area contributed by atoms with Crippen LogP contribution in [0.3, 0.4) is 0 Å². The molecule has 0 heterocycles. The Balaban J connectivity index is 4.10. The van der Waals surface area contributed by atoms with Crippen LogP contribution in [0.25, 0.3) is 0 Å². The first-order chi connectivity index (χ1) is 7.14. The fourth-order valence-corrected chi connectivity index (χ4v) is 1.13. The van der Waals surface area contributed by atoms with Gasteiger partial charge >= 0.3 is 0 Å². The Kier molecular flexibility index (Phi) is 5.44. The van der Waals surface area contributed by atoms with Gasteiger partial charge in [-0.3, -0.25) is 9.59 Å². The lowest BCUT2D eigenvalue weighted by atomic mass is 10.1. The molecular weight excluding hydrogens is 208 g/mol. The van der Waals surface area contributed by atoms with Gasteiger partial charge in [0, 0.05) is 13.6 Å². The average molecular weight is 230 g/mol. The Morgan fingerprint density at radius 1 is 1.38 bits per heavy atom. The summed E-state index contributed by atoms with van der Waals surface area (Å²) in [7, 11) is 1.50. The lowest BCUT2D eigenvalue weighted by Gasteiger charge is -2.24. The van der Waals surface area contributed by atoms with E-state index >= 15 is 0 Å². The second-order valence-electron chi connectivity index (χ2n) is 4.92. The SMILES string of the molecule is CC(C)CNC(=O)CN(C)C(=O)C(C)(C)O. The minimum Gasteiger partial charge on any atom is -0.381 e. The number of aliphatic hydroxyl groups is 1. The van der Waals surface area contributed by atoms with Crippen LogP contribution in [0.5, 0.6) is 0 Å². The third kappa shape index (κ3) is 5.70. The van der Waals surface area contributed by atoms with Crippen molar-refractivity contribution < 1.29 is 14.7 Å². The van der Waals surface area contributed by atoms with Gasteiger partial charge in [-0.1, -0.05) is 13.8 Å². The molecule has 0 aliphatic heterocycles. The van der Waals surface area contributed by atoms with E-state index in [9.17, 15) is 14.7 Å². The van der Waals surface area contributed by atoms with Crippen molar-refractivity contribution in [1.82, 2.24) is 10.2 Å². The van der Waals surface area contributed by atoms with Crippen molar-refractivity contribution in [3.63, 3.8) is 0 Å². The van der Waals surface area contributed by atoms with E-state index in [-0.39, 0.29) is 12.5 Å². The number of carbonyl (C=O) groups is 2. The Morgan fingerprint density at radius 2 is 1.88 bits per heavy atom. The third-order valence-corrected chi connectivity index (χ3v) is 1.96. The Hall–Kier alpha value is -1.10. The molecule has 0 aromatic rings. The van der Waals surface area contributed by atoms with Crippen LogP contribution in [0.1, 0.15) is 27.7 Å². The van der Waals surface area contributed by atoms with Crippen LogP contribution in [0.15, 0.2) is 0 Å². The molecule has 0 aliphatic carbocycles. The molecule has 0 radical (unpaired) electrons. The van der Waals surface area contributed by atoms with E-state index in [0.29, 0.717) is 12.5 Å². The van der Waals surface area contributed by atoms with Gasteiger partial charge in [0.05, 0.1) is 6.54 Å². The van der Waals surface area contributed by atoms with Gasteiger partial charge in [-0.15, -0.1) is 0 Å². The minimum atomic E-state index is -1.44. The summed E-state index contributed by atoms with van der Waals surface area (Å²) in [6, 6.07) is 0. The van der Waals surface area contributed by atoms with Gasteiger partial charge in [0.2, 0.25) is 5.91 Å². The number of nitrogens with one attached hydrogen (secondary N) is 1. The van der Waals surface area contributed by atoms with Crippen molar-refractivity contribution in [1.29, 1.82) is 0 Å². The second kappa shape index (κ2) is 5.84. The zero-order chi connectivity index (χ0) is 12.9. The molecule has 0 unspecified atom stereocenters. The van der Waals surface area contributed by atoms with E-state index in [0.717, 1.165) is 0 Å². The third-order valence-electron chi connectivity index (χ3n) is 1.96. The molecule has 94 valence electrons. The van der Waals surface area contributed by atoms with Gasteiger partial charge in [-0.2, -0.15) is 0 Å². The molecule has 0 aromatic carbocycles. The molecule has 0 rings (SSSR count). The molecular formula is C11H22N2O3. The number of rotatable bonds is 5. The highest BCUT2D eigenvalue weighted by Gasteiger charge is 2.28. The summed E-state index contributed by atoms with van der Waals surface area (Å²) in [5.41, 5.74) is -1.44. The summed E-state index contributed by atoms with van der Waals surface area (Å²) in [5.74, 6) is -0.305. The van der Waals surface area contributed by atoms with Gasteiger partial charge in [-0.05, 0) is 19.8 Å². The Morgan fingerprint density at radius 3 is 2.25 bits per heavy atom. The summed E-state index contributed by atoms with van der Waals surface area (Å²) >= 11 is 0. The van der Waals surface area contributed by atoms with Crippen molar-refractivity contribution in [2.45, 2.75) is 33.3 Å². The molecule has 0 aromatic heterocycles. The average Bonchev–Trinajstić information content (AvgIpc) is 2.11. The maximum atomic E-state index is 11.5. The molecule has 0 atom stereocenters. The van der Waals surface area contributed by atoms with E-state index in [4.69, 9.17) is 0 Å². The molecule has 5 heteroatoms. The smallest absolute Gasteiger partial charge is 0.254 e. The van der Waals surface area contributed by atoms with Gasteiger partial charge < -0.3 is 15.3 Å². The van der Waals surface area contributed by atoms with Crippen LogP contribution >= 0.6 is 0 Å². The highest BCUT2D eigenvalue weighted by molar-refractivity contribution is 5.88. The molecule has 0 saturated carbocycles. The lowest BCUT2D eigenvalue weighted by Crippen LogP contribution is -2.47. The lowest BCUT2D eigenvalue weighted by molar-refractivity contribution is -0.148. The van der Waals surface area contributed by atoms with Gasteiger partial charge in [0.25, 0.3) is 5.91 Å². The maximum Gasteiger partial charge on any atom is 0.254 e. The van der Waals surface area contributed by atoms with Gasteiger partial charge in [-0.25, -0.2) is 0 Å². The number of hydrogen-bond acceptors (Lipinski definition) is 3. The topological polar surface area (TPSA) is 69.6 Å². The van der Waals surface area contributed by atoms with E-state index in [1.807, 2.05) is 13.8 Å². The molecule has 5 nitrogen and oxygen atoms in total. The van der Waals surface area contributed by atoms with E-state index in [1.165, 1.54) is 25.8 Å². The summed E-state index contributed by atoms with van der Waals surface area (Å²) < 4.78 is 0. The van der Waals surface area contributed by atoms with Crippen molar-refractivity contribution in [3.05, 3.63) is 0 Å². The highest BCUT2D eigenvalue weighted by atomic mass is 16.3. The van der Waals surface area contributed by atoms with Gasteiger partial charge in [0.1, 0.15) is 5.60 Å². The van der Waals surface area contributed by atoms with E-state index < -0.39 is 11.5 Å². The quantitative estimate of drug-likeness (QED) is 0.698. The standard InChI is InChI=1S/C11H22N2O3/c1-8(2)6-12-9(14)7-13(5)10(15)11(3,4)16/h8,16H,6-7H2,1-5H3,(H,12,14). The van der Waals surface area contributed by atoms with Crippen LogP contribution in [0.2, 0.25) is 0 Å².